The minimum absolute atomic E-state index is 0. The standard InChI is InChI=1S/C16H22F2N4O2S.ClH/c1-11(2)12-3-5-13(6-4-12)15(19)8-21-25(23,24)14-7-20-22(9-14)10-16(17)18;/h3-7,9,11,15-16,21H,8,10,19H2,1-2H3;1H. The van der Waals surface area contributed by atoms with E-state index in [9.17, 15) is 17.2 Å². The first-order valence-electron chi connectivity index (χ1n) is 7.84. The first-order chi connectivity index (χ1) is 11.7. The van der Waals surface area contributed by atoms with Gasteiger partial charge in [0.1, 0.15) is 11.4 Å². The normalized spacial score (nSPS) is 13.0. The van der Waals surface area contributed by atoms with Crippen molar-refractivity contribution in [3.05, 3.63) is 47.8 Å². The summed E-state index contributed by atoms with van der Waals surface area (Å²) in [6.07, 6.45) is -0.504. The maximum Gasteiger partial charge on any atom is 0.257 e. The Morgan fingerprint density at radius 1 is 1.19 bits per heavy atom. The molecule has 1 unspecified atom stereocenters. The van der Waals surface area contributed by atoms with Crippen molar-refractivity contribution in [3.8, 4) is 0 Å². The molecule has 0 fully saturated rings. The molecule has 0 aliphatic carbocycles. The lowest BCUT2D eigenvalue weighted by Crippen LogP contribution is -2.31. The van der Waals surface area contributed by atoms with Crippen molar-refractivity contribution in [2.24, 2.45) is 5.73 Å². The Hall–Kier alpha value is -1.55. The van der Waals surface area contributed by atoms with Gasteiger partial charge in [0.25, 0.3) is 6.43 Å². The average molecular weight is 409 g/mol. The summed E-state index contributed by atoms with van der Waals surface area (Å²) >= 11 is 0. The topological polar surface area (TPSA) is 90.0 Å². The van der Waals surface area contributed by atoms with Gasteiger partial charge < -0.3 is 5.73 Å². The van der Waals surface area contributed by atoms with Gasteiger partial charge >= 0.3 is 0 Å². The van der Waals surface area contributed by atoms with Crippen molar-refractivity contribution >= 4 is 22.4 Å². The summed E-state index contributed by atoms with van der Waals surface area (Å²) in [5, 5.41) is 3.62. The van der Waals surface area contributed by atoms with Crippen molar-refractivity contribution in [2.45, 2.75) is 43.7 Å². The van der Waals surface area contributed by atoms with Crippen molar-refractivity contribution in [2.75, 3.05) is 6.54 Å². The van der Waals surface area contributed by atoms with Crippen LogP contribution < -0.4 is 10.5 Å². The fourth-order valence-corrected chi connectivity index (χ4v) is 3.27. The quantitative estimate of drug-likeness (QED) is 0.702. The molecule has 0 aliphatic rings. The van der Waals surface area contributed by atoms with Crippen LogP contribution in [0, 0.1) is 0 Å². The number of halogens is 3. The van der Waals surface area contributed by atoms with Gasteiger partial charge in [-0.15, -0.1) is 12.4 Å². The van der Waals surface area contributed by atoms with Crippen molar-refractivity contribution in [3.63, 3.8) is 0 Å². The zero-order chi connectivity index (χ0) is 18.6. The molecule has 146 valence electrons. The highest BCUT2D eigenvalue weighted by molar-refractivity contribution is 7.89. The SMILES string of the molecule is CC(C)c1ccc(C(N)CNS(=O)(=O)c2cnn(CC(F)F)c2)cc1.Cl. The van der Waals surface area contributed by atoms with Crippen LogP contribution in [0.4, 0.5) is 8.78 Å². The monoisotopic (exact) mass is 408 g/mol. The van der Waals surface area contributed by atoms with E-state index in [1.54, 1.807) is 0 Å². The summed E-state index contributed by atoms with van der Waals surface area (Å²) in [5.41, 5.74) is 8.01. The molecule has 0 saturated heterocycles. The zero-order valence-corrected chi connectivity index (χ0v) is 16.1. The predicted octanol–water partition coefficient (Wildman–Crippen LogP) is 2.67. The van der Waals surface area contributed by atoms with Crippen LogP contribution in [0.25, 0.3) is 0 Å². The molecule has 1 aromatic heterocycles. The fourth-order valence-electron chi connectivity index (χ4n) is 2.25. The molecular weight excluding hydrogens is 386 g/mol. The maximum atomic E-state index is 12.3. The highest BCUT2D eigenvalue weighted by atomic mass is 35.5. The fraction of sp³-hybridized carbons (Fsp3) is 0.438. The molecule has 26 heavy (non-hydrogen) atoms. The lowest BCUT2D eigenvalue weighted by atomic mass is 9.99. The number of sulfonamides is 1. The molecule has 3 N–H and O–H groups in total. The van der Waals surface area contributed by atoms with Crippen LogP contribution in [0.3, 0.4) is 0 Å². The van der Waals surface area contributed by atoms with Gasteiger partial charge in [-0.05, 0) is 17.0 Å². The van der Waals surface area contributed by atoms with E-state index >= 15 is 0 Å². The maximum absolute atomic E-state index is 12.3. The molecule has 6 nitrogen and oxygen atoms in total. The number of benzene rings is 1. The van der Waals surface area contributed by atoms with Crippen LogP contribution in [-0.2, 0) is 16.6 Å². The van der Waals surface area contributed by atoms with Gasteiger partial charge in [0, 0.05) is 18.8 Å². The van der Waals surface area contributed by atoms with E-state index in [1.807, 2.05) is 24.3 Å². The minimum atomic E-state index is -3.86. The van der Waals surface area contributed by atoms with E-state index in [0.717, 1.165) is 22.6 Å². The minimum Gasteiger partial charge on any atom is -0.323 e. The number of rotatable bonds is 8. The number of alkyl halides is 2. The third-order valence-corrected chi connectivity index (χ3v) is 5.15. The second-order valence-corrected chi connectivity index (χ2v) is 7.84. The molecule has 1 aromatic carbocycles. The van der Waals surface area contributed by atoms with Gasteiger partial charge in [-0.1, -0.05) is 38.1 Å². The molecule has 2 rings (SSSR count). The number of nitrogens with two attached hydrogens (primary N) is 1. The van der Waals surface area contributed by atoms with Crippen LogP contribution in [0.1, 0.15) is 36.9 Å². The number of hydrogen-bond acceptors (Lipinski definition) is 4. The Kier molecular flexibility index (Phi) is 8.14. The molecule has 0 aliphatic heterocycles. The van der Waals surface area contributed by atoms with Crippen molar-refractivity contribution in [1.29, 1.82) is 0 Å². The summed E-state index contributed by atoms with van der Waals surface area (Å²) < 4.78 is 52.3. The first-order valence-corrected chi connectivity index (χ1v) is 9.33. The molecule has 0 saturated carbocycles. The number of hydrogen-bond donors (Lipinski definition) is 2. The summed E-state index contributed by atoms with van der Waals surface area (Å²) in [6.45, 7) is 3.50. The highest BCUT2D eigenvalue weighted by Crippen LogP contribution is 2.18. The molecule has 0 bridgehead atoms. The van der Waals surface area contributed by atoms with E-state index in [0.29, 0.717) is 5.92 Å². The molecule has 0 radical (unpaired) electrons. The summed E-state index contributed by atoms with van der Waals surface area (Å²) in [4.78, 5) is -0.171. The third kappa shape index (κ3) is 6.01. The number of aromatic nitrogens is 2. The van der Waals surface area contributed by atoms with Crippen LogP contribution >= 0.6 is 12.4 Å². The molecule has 1 atom stereocenters. The molecule has 2 aromatic rings. The Morgan fingerprint density at radius 3 is 2.31 bits per heavy atom. The Morgan fingerprint density at radius 2 is 1.77 bits per heavy atom. The Bertz CT molecular complexity index is 795. The molecule has 1 heterocycles. The van der Waals surface area contributed by atoms with Gasteiger partial charge in [-0.25, -0.2) is 21.9 Å². The lowest BCUT2D eigenvalue weighted by Gasteiger charge is -2.14. The summed E-state index contributed by atoms with van der Waals surface area (Å²) in [7, 11) is -3.86. The average Bonchev–Trinajstić information content (AvgIpc) is 3.01. The van der Waals surface area contributed by atoms with E-state index in [-0.39, 0.29) is 23.8 Å². The third-order valence-electron chi connectivity index (χ3n) is 3.77. The van der Waals surface area contributed by atoms with Gasteiger partial charge in [0.15, 0.2) is 0 Å². The summed E-state index contributed by atoms with van der Waals surface area (Å²) in [5.74, 6) is 0.397. The Balaban J connectivity index is 0.00000338. The molecule has 0 spiro atoms. The van der Waals surface area contributed by atoms with Crippen molar-refractivity contribution < 1.29 is 17.2 Å². The number of nitrogens with one attached hydrogen (secondary N) is 1. The van der Waals surface area contributed by atoms with Crippen LogP contribution in [0.15, 0.2) is 41.6 Å². The van der Waals surface area contributed by atoms with Gasteiger partial charge in [0.05, 0.1) is 6.20 Å². The number of nitrogens with zero attached hydrogens (tertiary/aromatic N) is 2. The summed E-state index contributed by atoms with van der Waals surface area (Å²) in [6, 6.07) is 7.14. The Labute approximate surface area is 158 Å². The second-order valence-electron chi connectivity index (χ2n) is 6.07. The van der Waals surface area contributed by atoms with E-state index in [1.165, 1.54) is 5.56 Å². The van der Waals surface area contributed by atoms with Crippen LogP contribution in [-0.4, -0.2) is 31.2 Å². The second kappa shape index (κ2) is 9.40. The largest absolute Gasteiger partial charge is 0.323 e. The van der Waals surface area contributed by atoms with Crippen LogP contribution in [0.5, 0.6) is 0 Å². The van der Waals surface area contributed by atoms with E-state index < -0.39 is 29.0 Å². The molecule has 0 amide bonds. The smallest absolute Gasteiger partial charge is 0.257 e. The molecular formula is C16H23ClF2N4O2S. The van der Waals surface area contributed by atoms with Gasteiger partial charge in [-0.2, -0.15) is 5.10 Å². The molecule has 10 heteroatoms. The van der Waals surface area contributed by atoms with Crippen molar-refractivity contribution in [1.82, 2.24) is 14.5 Å². The van der Waals surface area contributed by atoms with E-state index in [4.69, 9.17) is 5.73 Å². The van der Waals surface area contributed by atoms with Gasteiger partial charge in [0.2, 0.25) is 10.0 Å². The van der Waals surface area contributed by atoms with Crippen LogP contribution in [0.2, 0.25) is 0 Å². The predicted molar refractivity (Wildman–Crippen MR) is 98.1 cm³/mol. The van der Waals surface area contributed by atoms with E-state index in [2.05, 4.69) is 23.7 Å². The van der Waals surface area contributed by atoms with Gasteiger partial charge in [-0.3, -0.25) is 4.68 Å². The zero-order valence-electron chi connectivity index (χ0n) is 14.5. The lowest BCUT2D eigenvalue weighted by molar-refractivity contribution is 0.121. The first kappa shape index (κ1) is 22.5. The highest BCUT2D eigenvalue weighted by Gasteiger charge is 2.19.